The number of nitriles is 1. The predicted octanol–water partition coefficient (Wildman–Crippen LogP) is 4.07. The number of carbonyl (C=O) groups is 1. The number of aromatic nitrogens is 1. The summed E-state index contributed by atoms with van der Waals surface area (Å²) in [6.45, 7) is 4.95. The second-order valence-electron chi connectivity index (χ2n) is 6.73. The van der Waals surface area contributed by atoms with Crippen molar-refractivity contribution in [1.29, 1.82) is 5.26 Å². The SMILES string of the molecule is Cc1ccc(-c2cc(C#N)cc3c(C)c4n(c23)CCCNC4=O)cc1F. The predicted molar refractivity (Wildman–Crippen MR) is 98.5 cm³/mol. The molecule has 0 saturated heterocycles. The van der Waals surface area contributed by atoms with Crippen LogP contribution < -0.4 is 5.32 Å². The van der Waals surface area contributed by atoms with Gasteiger partial charge in [0.1, 0.15) is 11.5 Å². The van der Waals surface area contributed by atoms with Crippen LogP contribution in [0.25, 0.3) is 22.0 Å². The van der Waals surface area contributed by atoms with Gasteiger partial charge in [0.05, 0.1) is 17.1 Å². The Labute approximate surface area is 150 Å². The highest BCUT2D eigenvalue weighted by Gasteiger charge is 2.25. The number of amides is 1. The Morgan fingerprint density at radius 2 is 2.04 bits per heavy atom. The molecule has 0 unspecified atom stereocenters. The topological polar surface area (TPSA) is 57.8 Å². The van der Waals surface area contributed by atoms with E-state index < -0.39 is 0 Å². The summed E-state index contributed by atoms with van der Waals surface area (Å²) in [5.41, 5.74) is 4.93. The third-order valence-corrected chi connectivity index (χ3v) is 5.08. The molecule has 1 aromatic heterocycles. The summed E-state index contributed by atoms with van der Waals surface area (Å²) in [6.07, 6.45) is 0.823. The molecule has 0 aliphatic carbocycles. The summed E-state index contributed by atoms with van der Waals surface area (Å²) in [7, 11) is 0. The summed E-state index contributed by atoms with van der Waals surface area (Å²) in [5, 5.41) is 13.2. The Morgan fingerprint density at radius 1 is 1.23 bits per heavy atom. The van der Waals surface area contributed by atoms with Crippen LogP contribution in [0, 0.1) is 31.0 Å². The molecule has 4 rings (SSSR count). The fraction of sp³-hybridized carbons (Fsp3) is 0.238. The second-order valence-corrected chi connectivity index (χ2v) is 6.73. The molecule has 0 spiro atoms. The molecule has 2 heterocycles. The van der Waals surface area contributed by atoms with Gasteiger partial charge in [0.2, 0.25) is 0 Å². The average Bonchev–Trinajstić information content (AvgIpc) is 2.78. The van der Waals surface area contributed by atoms with Gasteiger partial charge in [-0.3, -0.25) is 4.79 Å². The number of aryl methyl sites for hydroxylation is 3. The molecule has 5 heteroatoms. The Hall–Kier alpha value is -3.13. The lowest BCUT2D eigenvalue weighted by molar-refractivity contribution is 0.0951. The number of hydrogen-bond acceptors (Lipinski definition) is 2. The molecule has 4 nitrogen and oxygen atoms in total. The van der Waals surface area contributed by atoms with Crippen LogP contribution in [0.3, 0.4) is 0 Å². The third kappa shape index (κ3) is 2.38. The van der Waals surface area contributed by atoms with E-state index in [4.69, 9.17) is 0 Å². The highest BCUT2D eigenvalue weighted by molar-refractivity contribution is 6.06. The zero-order chi connectivity index (χ0) is 18.4. The molecule has 1 amide bonds. The highest BCUT2D eigenvalue weighted by Crippen LogP contribution is 2.36. The van der Waals surface area contributed by atoms with Crippen molar-refractivity contribution in [2.45, 2.75) is 26.8 Å². The van der Waals surface area contributed by atoms with E-state index in [1.54, 1.807) is 19.1 Å². The molecule has 1 N–H and O–H groups in total. The van der Waals surface area contributed by atoms with Crippen LogP contribution >= 0.6 is 0 Å². The van der Waals surface area contributed by atoms with Crippen LogP contribution in [0.4, 0.5) is 4.39 Å². The van der Waals surface area contributed by atoms with Crippen molar-refractivity contribution in [3.8, 4) is 17.2 Å². The fourth-order valence-corrected chi connectivity index (χ4v) is 3.74. The van der Waals surface area contributed by atoms with Gasteiger partial charge >= 0.3 is 0 Å². The minimum Gasteiger partial charge on any atom is -0.351 e. The van der Waals surface area contributed by atoms with Crippen LogP contribution in [0.15, 0.2) is 30.3 Å². The van der Waals surface area contributed by atoms with Gasteiger partial charge in [0.25, 0.3) is 5.91 Å². The lowest BCUT2D eigenvalue weighted by Crippen LogP contribution is -2.23. The van der Waals surface area contributed by atoms with Gasteiger partial charge in [0.15, 0.2) is 0 Å². The minimum atomic E-state index is -0.282. The van der Waals surface area contributed by atoms with Crippen molar-refractivity contribution < 1.29 is 9.18 Å². The zero-order valence-electron chi connectivity index (χ0n) is 14.7. The summed E-state index contributed by atoms with van der Waals surface area (Å²) in [6, 6.07) is 10.9. The maximum Gasteiger partial charge on any atom is 0.268 e. The normalized spacial score (nSPS) is 13.8. The summed E-state index contributed by atoms with van der Waals surface area (Å²) in [5.74, 6) is -0.383. The quantitative estimate of drug-likeness (QED) is 0.721. The molecule has 2 aromatic carbocycles. The highest BCUT2D eigenvalue weighted by atomic mass is 19.1. The molecule has 3 aromatic rings. The standard InChI is InChI=1S/C21H18FN3O/c1-12-4-5-15(10-18(12)22)17-9-14(11-23)8-16-13(2)19-21(26)24-6-3-7-25(19)20(16)17/h4-5,8-10H,3,6-7H2,1-2H3,(H,24,26). The second kappa shape index (κ2) is 5.99. The van der Waals surface area contributed by atoms with Gasteiger partial charge in [-0.25, -0.2) is 4.39 Å². The van der Waals surface area contributed by atoms with Crippen LogP contribution in [0.2, 0.25) is 0 Å². The average molecular weight is 347 g/mol. The van der Waals surface area contributed by atoms with Crippen molar-refractivity contribution in [1.82, 2.24) is 9.88 Å². The van der Waals surface area contributed by atoms with Gasteiger partial charge in [-0.15, -0.1) is 0 Å². The van der Waals surface area contributed by atoms with Gasteiger partial charge < -0.3 is 9.88 Å². The summed E-state index contributed by atoms with van der Waals surface area (Å²) < 4.78 is 16.2. The van der Waals surface area contributed by atoms with Gasteiger partial charge in [0, 0.05) is 24.0 Å². The maximum atomic E-state index is 14.2. The molecule has 0 bridgehead atoms. The third-order valence-electron chi connectivity index (χ3n) is 5.08. The molecule has 1 aliphatic heterocycles. The molecular formula is C21H18FN3O. The smallest absolute Gasteiger partial charge is 0.268 e. The summed E-state index contributed by atoms with van der Waals surface area (Å²) in [4.78, 5) is 12.5. The molecule has 0 radical (unpaired) electrons. The van der Waals surface area contributed by atoms with E-state index >= 15 is 0 Å². The van der Waals surface area contributed by atoms with E-state index in [0.29, 0.717) is 35.5 Å². The van der Waals surface area contributed by atoms with Gasteiger partial charge in [-0.05, 0) is 55.2 Å². The number of carbonyl (C=O) groups excluding carboxylic acids is 1. The molecule has 0 atom stereocenters. The molecule has 1 aliphatic rings. The van der Waals surface area contributed by atoms with Crippen LogP contribution in [0.1, 0.15) is 33.6 Å². The van der Waals surface area contributed by atoms with Crippen LogP contribution in [0.5, 0.6) is 0 Å². The number of benzene rings is 2. The summed E-state index contributed by atoms with van der Waals surface area (Å²) >= 11 is 0. The van der Waals surface area contributed by atoms with E-state index in [9.17, 15) is 14.4 Å². The lowest BCUT2D eigenvalue weighted by Gasteiger charge is -2.11. The monoisotopic (exact) mass is 347 g/mol. The Kier molecular flexibility index (Phi) is 3.77. The largest absolute Gasteiger partial charge is 0.351 e. The lowest BCUT2D eigenvalue weighted by atomic mass is 9.98. The van der Waals surface area contributed by atoms with Crippen LogP contribution in [-0.4, -0.2) is 17.0 Å². The number of hydrogen-bond donors (Lipinski definition) is 1. The van der Waals surface area contributed by atoms with E-state index in [1.807, 2.05) is 23.6 Å². The maximum absolute atomic E-state index is 14.2. The molecular weight excluding hydrogens is 329 g/mol. The van der Waals surface area contributed by atoms with Crippen LogP contribution in [-0.2, 0) is 6.54 Å². The fourth-order valence-electron chi connectivity index (χ4n) is 3.74. The van der Waals surface area contributed by atoms with E-state index in [-0.39, 0.29) is 11.7 Å². The zero-order valence-corrected chi connectivity index (χ0v) is 14.7. The number of halogens is 1. The van der Waals surface area contributed by atoms with Crippen molar-refractivity contribution in [3.05, 3.63) is 58.5 Å². The Bertz CT molecular complexity index is 1100. The number of fused-ring (bicyclic) bond motifs is 3. The van der Waals surface area contributed by atoms with Crippen molar-refractivity contribution in [3.63, 3.8) is 0 Å². The van der Waals surface area contributed by atoms with E-state index in [1.165, 1.54) is 6.07 Å². The first-order valence-electron chi connectivity index (χ1n) is 8.63. The van der Waals surface area contributed by atoms with Gasteiger partial charge in [-0.2, -0.15) is 5.26 Å². The molecule has 0 fully saturated rings. The molecule has 130 valence electrons. The molecule has 0 saturated carbocycles. The first kappa shape index (κ1) is 16.3. The first-order chi connectivity index (χ1) is 12.5. The van der Waals surface area contributed by atoms with Gasteiger partial charge in [-0.1, -0.05) is 12.1 Å². The number of nitrogens with one attached hydrogen (secondary N) is 1. The Balaban J connectivity index is 2.12. The van der Waals surface area contributed by atoms with E-state index in [0.717, 1.165) is 28.5 Å². The van der Waals surface area contributed by atoms with E-state index in [2.05, 4.69) is 11.4 Å². The van der Waals surface area contributed by atoms with Crippen molar-refractivity contribution in [2.75, 3.05) is 6.54 Å². The number of rotatable bonds is 1. The molecule has 26 heavy (non-hydrogen) atoms. The van der Waals surface area contributed by atoms with Crippen molar-refractivity contribution in [2.24, 2.45) is 0 Å². The Morgan fingerprint density at radius 3 is 2.77 bits per heavy atom. The first-order valence-corrected chi connectivity index (χ1v) is 8.63. The number of nitrogens with zero attached hydrogens (tertiary/aromatic N) is 2. The minimum absolute atomic E-state index is 0.101. The van der Waals surface area contributed by atoms with Crippen molar-refractivity contribution >= 4 is 16.8 Å².